The SMILES string of the molecule is C=C(/C=c1/nc(C2=CNCC(N3CCC3)=N2)cc/c1=C/C)CNC(=O)c1ccc2c(c1)C(F)COC2. The lowest BCUT2D eigenvalue weighted by molar-refractivity contribution is 0.0512. The standard InChI is InChI=1S/C28H30FN5O2/c1-3-19-7-8-24(26-14-30-15-27(33-26)34-9-4-10-34)32-25(19)11-18(2)13-31-28(35)20-5-6-21-16-36-17-23(29)22(21)12-20/h3,5-8,11-12,14,23,30H,2,4,9-10,13,15-17H2,1H3,(H,31,35)/b19-3-,25-11+. The van der Waals surface area contributed by atoms with Crippen LogP contribution >= 0.6 is 0 Å². The Labute approximate surface area is 209 Å². The van der Waals surface area contributed by atoms with Gasteiger partial charge in [-0.15, -0.1) is 0 Å². The van der Waals surface area contributed by atoms with Crippen molar-refractivity contribution in [1.82, 2.24) is 20.5 Å². The molecule has 5 rings (SSSR count). The fraction of sp³-hybridized carbons (Fsp3) is 0.321. The van der Waals surface area contributed by atoms with Crippen LogP contribution in [-0.2, 0) is 11.3 Å². The second kappa shape index (κ2) is 10.5. The topological polar surface area (TPSA) is 78.9 Å². The number of aliphatic imine (C=N–C) groups is 1. The Morgan fingerprint density at radius 3 is 2.97 bits per heavy atom. The number of amidine groups is 1. The highest BCUT2D eigenvalue weighted by Crippen LogP contribution is 2.28. The number of pyridine rings is 1. The van der Waals surface area contributed by atoms with E-state index in [0.29, 0.717) is 23.3 Å². The van der Waals surface area contributed by atoms with Gasteiger partial charge in [0.1, 0.15) is 17.7 Å². The molecule has 4 heterocycles. The maximum absolute atomic E-state index is 14.2. The van der Waals surface area contributed by atoms with Gasteiger partial charge in [-0.1, -0.05) is 24.8 Å². The minimum atomic E-state index is -1.22. The summed E-state index contributed by atoms with van der Waals surface area (Å²) in [6.07, 6.45) is 5.74. The molecule has 1 unspecified atom stereocenters. The molecule has 0 bridgehead atoms. The predicted molar refractivity (Wildman–Crippen MR) is 139 cm³/mol. The van der Waals surface area contributed by atoms with Crippen molar-refractivity contribution in [2.24, 2.45) is 4.99 Å². The third-order valence-corrected chi connectivity index (χ3v) is 6.58. The van der Waals surface area contributed by atoms with E-state index >= 15 is 0 Å². The van der Waals surface area contributed by atoms with Crippen LogP contribution in [0.15, 0.2) is 53.7 Å². The van der Waals surface area contributed by atoms with E-state index in [1.807, 2.05) is 37.4 Å². The fourth-order valence-electron chi connectivity index (χ4n) is 4.39. The first kappa shape index (κ1) is 23.9. The maximum atomic E-state index is 14.2. The lowest BCUT2D eigenvalue weighted by Crippen LogP contribution is -2.46. The number of rotatable bonds is 5. The number of benzene rings is 1. The van der Waals surface area contributed by atoms with Gasteiger partial charge in [-0.2, -0.15) is 0 Å². The average molecular weight is 488 g/mol. The predicted octanol–water partition coefficient (Wildman–Crippen LogP) is 2.20. The van der Waals surface area contributed by atoms with Crippen LogP contribution in [0, 0.1) is 0 Å². The molecule has 3 aliphatic heterocycles. The minimum absolute atomic E-state index is 0.0184. The molecular formula is C28H30FN5O2. The number of carbonyl (C=O) groups excluding carboxylic acids is 1. The van der Waals surface area contributed by atoms with E-state index in [1.165, 1.54) is 6.42 Å². The molecule has 1 aromatic carbocycles. The molecule has 2 N–H and O–H groups in total. The molecule has 3 aliphatic rings. The lowest BCUT2D eigenvalue weighted by atomic mass is 9.99. The number of likely N-dealkylation sites (tertiary alicyclic amines) is 1. The summed E-state index contributed by atoms with van der Waals surface area (Å²) in [6.45, 7) is 9.51. The highest BCUT2D eigenvalue weighted by Gasteiger charge is 2.22. The van der Waals surface area contributed by atoms with E-state index in [1.54, 1.807) is 18.2 Å². The first-order valence-corrected chi connectivity index (χ1v) is 12.2. The van der Waals surface area contributed by atoms with Gasteiger partial charge in [-0.05, 0) is 59.5 Å². The summed E-state index contributed by atoms with van der Waals surface area (Å²) in [6, 6.07) is 9.03. The van der Waals surface area contributed by atoms with Crippen molar-refractivity contribution < 1.29 is 13.9 Å². The third-order valence-electron chi connectivity index (χ3n) is 6.58. The molecule has 2 aromatic rings. The van der Waals surface area contributed by atoms with Crippen molar-refractivity contribution in [3.8, 4) is 0 Å². The molecule has 7 nitrogen and oxygen atoms in total. The molecule has 0 aliphatic carbocycles. The zero-order chi connectivity index (χ0) is 25.1. The third kappa shape index (κ3) is 5.09. The Morgan fingerprint density at radius 2 is 2.19 bits per heavy atom. The zero-order valence-electron chi connectivity index (χ0n) is 20.4. The van der Waals surface area contributed by atoms with Gasteiger partial charge in [-0.3, -0.25) is 4.79 Å². The summed E-state index contributed by atoms with van der Waals surface area (Å²) >= 11 is 0. The number of nitrogens with one attached hydrogen (secondary N) is 2. The van der Waals surface area contributed by atoms with Crippen LogP contribution in [0.5, 0.6) is 0 Å². The Balaban J connectivity index is 1.31. The van der Waals surface area contributed by atoms with E-state index in [4.69, 9.17) is 14.7 Å². The van der Waals surface area contributed by atoms with Crippen LogP contribution in [0.3, 0.4) is 0 Å². The highest BCUT2D eigenvalue weighted by molar-refractivity contribution is 5.95. The van der Waals surface area contributed by atoms with E-state index in [9.17, 15) is 9.18 Å². The molecule has 1 amide bonds. The van der Waals surface area contributed by atoms with Crippen LogP contribution in [0.2, 0.25) is 0 Å². The zero-order valence-corrected chi connectivity index (χ0v) is 20.4. The van der Waals surface area contributed by atoms with Crippen molar-refractivity contribution in [1.29, 1.82) is 0 Å². The fourth-order valence-corrected chi connectivity index (χ4v) is 4.39. The second-order valence-corrected chi connectivity index (χ2v) is 9.12. The average Bonchev–Trinajstić information content (AvgIpc) is 2.86. The lowest BCUT2D eigenvalue weighted by Gasteiger charge is -2.35. The van der Waals surface area contributed by atoms with Crippen LogP contribution in [0.25, 0.3) is 17.8 Å². The van der Waals surface area contributed by atoms with Crippen molar-refractivity contribution in [3.05, 3.63) is 81.6 Å². The van der Waals surface area contributed by atoms with Crippen molar-refractivity contribution in [3.63, 3.8) is 0 Å². The summed E-state index contributed by atoms with van der Waals surface area (Å²) in [4.78, 5) is 24.7. The second-order valence-electron chi connectivity index (χ2n) is 9.12. The molecule has 8 heteroatoms. The van der Waals surface area contributed by atoms with Crippen molar-refractivity contribution >= 4 is 29.6 Å². The van der Waals surface area contributed by atoms with Gasteiger partial charge in [0.15, 0.2) is 0 Å². The molecule has 1 aromatic heterocycles. The summed E-state index contributed by atoms with van der Waals surface area (Å²) in [5.41, 5.74) is 3.99. The van der Waals surface area contributed by atoms with Crippen LogP contribution in [-0.4, -0.2) is 54.4 Å². The Bertz CT molecular complexity index is 1380. The van der Waals surface area contributed by atoms with Crippen molar-refractivity contribution in [2.75, 3.05) is 32.8 Å². The molecule has 1 saturated heterocycles. The number of carbonyl (C=O) groups is 1. The van der Waals surface area contributed by atoms with Gasteiger partial charge in [0.25, 0.3) is 5.91 Å². The Morgan fingerprint density at radius 1 is 1.33 bits per heavy atom. The van der Waals surface area contributed by atoms with Crippen LogP contribution < -0.4 is 21.2 Å². The summed E-state index contributed by atoms with van der Waals surface area (Å²) in [5.74, 6) is 0.763. The molecule has 36 heavy (non-hydrogen) atoms. The van der Waals surface area contributed by atoms with E-state index in [-0.39, 0.29) is 19.1 Å². The normalized spacial score (nSPS) is 20.1. The number of fused-ring (bicyclic) bond motifs is 1. The molecule has 0 saturated carbocycles. The molecule has 0 spiro atoms. The number of alkyl halides is 1. The van der Waals surface area contributed by atoms with Gasteiger partial charge in [0.05, 0.1) is 30.8 Å². The van der Waals surface area contributed by atoms with Gasteiger partial charge >= 0.3 is 0 Å². The molecule has 186 valence electrons. The van der Waals surface area contributed by atoms with Crippen molar-refractivity contribution in [2.45, 2.75) is 26.1 Å². The van der Waals surface area contributed by atoms with Gasteiger partial charge in [0.2, 0.25) is 0 Å². The summed E-state index contributed by atoms with van der Waals surface area (Å²) in [7, 11) is 0. The highest BCUT2D eigenvalue weighted by atomic mass is 19.1. The molecule has 0 radical (unpaired) electrons. The smallest absolute Gasteiger partial charge is 0.251 e. The van der Waals surface area contributed by atoms with Gasteiger partial charge in [0, 0.05) is 31.4 Å². The van der Waals surface area contributed by atoms with Gasteiger partial charge < -0.3 is 20.3 Å². The molecule has 1 atom stereocenters. The molecule has 1 fully saturated rings. The number of hydrogen-bond acceptors (Lipinski definition) is 6. The largest absolute Gasteiger partial charge is 0.382 e. The number of hydrogen-bond donors (Lipinski definition) is 2. The minimum Gasteiger partial charge on any atom is -0.382 e. The number of aromatic nitrogens is 1. The number of nitrogens with zero attached hydrogens (tertiary/aromatic N) is 3. The number of halogens is 1. The maximum Gasteiger partial charge on any atom is 0.251 e. The van der Waals surface area contributed by atoms with E-state index < -0.39 is 6.17 Å². The monoisotopic (exact) mass is 487 g/mol. The quantitative estimate of drug-likeness (QED) is 0.676. The number of amides is 1. The first-order valence-electron chi connectivity index (χ1n) is 12.2. The van der Waals surface area contributed by atoms with E-state index in [0.717, 1.165) is 53.0 Å². The van der Waals surface area contributed by atoms with Crippen LogP contribution in [0.1, 0.15) is 46.7 Å². The first-order chi connectivity index (χ1) is 17.5. The van der Waals surface area contributed by atoms with Crippen LogP contribution in [0.4, 0.5) is 4.39 Å². The Kier molecular flexibility index (Phi) is 6.95. The van der Waals surface area contributed by atoms with E-state index in [2.05, 4.69) is 22.1 Å². The molecular weight excluding hydrogens is 457 g/mol. The summed E-state index contributed by atoms with van der Waals surface area (Å²) < 4.78 is 19.4. The Hall–Kier alpha value is -3.78. The summed E-state index contributed by atoms with van der Waals surface area (Å²) in [5, 5.41) is 7.91. The van der Waals surface area contributed by atoms with Gasteiger partial charge in [-0.25, -0.2) is 14.4 Å². The number of ether oxygens (including phenoxy) is 1.